The highest BCUT2D eigenvalue weighted by Crippen LogP contribution is 2.33. The van der Waals surface area contributed by atoms with Crippen molar-refractivity contribution in [2.45, 2.75) is 44.4 Å². The normalized spacial score (nSPS) is 21.1. The van der Waals surface area contributed by atoms with Crippen LogP contribution in [0.4, 0.5) is 4.79 Å². The average Bonchev–Trinajstić information content (AvgIpc) is 2.63. The molecule has 2 amide bonds. The second kappa shape index (κ2) is 7.95. The third-order valence-corrected chi connectivity index (χ3v) is 4.28. The molecule has 1 heterocycles. The molecule has 0 radical (unpaired) electrons. The molecule has 0 aromatic heterocycles. The molecule has 1 aliphatic heterocycles. The van der Waals surface area contributed by atoms with E-state index in [1.807, 2.05) is 0 Å². The Kier molecular flexibility index (Phi) is 6.06. The van der Waals surface area contributed by atoms with E-state index in [4.69, 9.17) is 18.9 Å². The van der Waals surface area contributed by atoms with Crippen molar-refractivity contribution in [3.05, 3.63) is 23.8 Å². The first kappa shape index (κ1) is 21.3. The monoisotopic (exact) mass is 394 g/mol. The maximum Gasteiger partial charge on any atom is 0.408 e. The fourth-order valence-corrected chi connectivity index (χ4v) is 2.99. The van der Waals surface area contributed by atoms with Crippen molar-refractivity contribution in [1.82, 2.24) is 10.6 Å². The van der Waals surface area contributed by atoms with Gasteiger partial charge in [0.1, 0.15) is 23.1 Å². The Morgan fingerprint density at radius 3 is 2.36 bits per heavy atom. The Labute approximate surface area is 163 Å². The maximum absolute atomic E-state index is 12.6. The molecule has 1 aromatic rings. The lowest BCUT2D eigenvalue weighted by Crippen LogP contribution is -2.82. The van der Waals surface area contributed by atoms with Gasteiger partial charge in [0.05, 0.1) is 21.3 Å². The summed E-state index contributed by atoms with van der Waals surface area (Å²) < 4.78 is 20.6. The molecule has 9 nitrogen and oxygen atoms in total. The average molecular weight is 394 g/mol. The van der Waals surface area contributed by atoms with Gasteiger partial charge in [-0.05, 0) is 32.4 Å². The SMILES string of the molecule is COC(=O)C1(Cc2ccc(OC)cc2OC)NC(=O)C1NC(=O)OC(C)(C)C. The number of carbonyl (C=O) groups excluding carboxylic acids is 3. The number of methoxy groups -OCH3 is 3. The van der Waals surface area contributed by atoms with Gasteiger partial charge in [-0.25, -0.2) is 9.59 Å². The van der Waals surface area contributed by atoms with Crippen LogP contribution in [0.2, 0.25) is 0 Å². The molecular weight excluding hydrogens is 368 g/mol. The van der Waals surface area contributed by atoms with Crippen LogP contribution in [-0.4, -0.2) is 56.5 Å². The summed E-state index contributed by atoms with van der Waals surface area (Å²) in [7, 11) is 4.22. The molecule has 1 aliphatic rings. The van der Waals surface area contributed by atoms with Crippen LogP contribution in [0.1, 0.15) is 26.3 Å². The number of carbonyl (C=O) groups is 3. The van der Waals surface area contributed by atoms with Gasteiger partial charge in [-0.1, -0.05) is 6.07 Å². The fraction of sp³-hybridized carbons (Fsp3) is 0.526. The minimum Gasteiger partial charge on any atom is -0.497 e. The lowest BCUT2D eigenvalue weighted by atomic mass is 9.76. The number of hydrogen-bond acceptors (Lipinski definition) is 7. The first-order chi connectivity index (χ1) is 13.1. The fourth-order valence-electron chi connectivity index (χ4n) is 2.99. The standard InChI is InChI=1S/C19H26N2O7/c1-18(2,3)28-17(24)20-14-15(22)21-19(14,16(23)27-6)10-11-7-8-12(25-4)9-13(11)26-5/h7-9,14H,10H2,1-6H3,(H,20,24)(H,21,22). The summed E-state index contributed by atoms with van der Waals surface area (Å²) in [5.74, 6) is -0.150. The highest BCUT2D eigenvalue weighted by Gasteiger charge is 2.61. The van der Waals surface area contributed by atoms with Gasteiger partial charge in [0.2, 0.25) is 5.91 Å². The minimum atomic E-state index is -1.48. The quantitative estimate of drug-likeness (QED) is 0.550. The van der Waals surface area contributed by atoms with Gasteiger partial charge in [-0.2, -0.15) is 0 Å². The van der Waals surface area contributed by atoms with E-state index < -0.39 is 35.2 Å². The van der Waals surface area contributed by atoms with Crippen molar-refractivity contribution in [1.29, 1.82) is 0 Å². The number of β-lactam (4-membered cyclic amide) rings is 1. The number of hydrogen-bond donors (Lipinski definition) is 2. The molecule has 1 saturated heterocycles. The predicted octanol–water partition coefficient (Wildman–Crippen LogP) is 1.18. The van der Waals surface area contributed by atoms with Crippen molar-refractivity contribution >= 4 is 18.0 Å². The van der Waals surface area contributed by atoms with Gasteiger partial charge in [-0.15, -0.1) is 0 Å². The van der Waals surface area contributed by atoms with Gasteiger partial charge in [0, 0.05) is 12.5 Å². The predicted molar refractivity (Wildman–Crippen MR) is 99.3 cm³/mol. The lowest BCUT2D eigenvalue weighted by Gasteiger charge is -2.46. The molecule has 2 rings (SSSR count). The summed E-state index contributed by atoms with van der Waals surface area (Å²) in [6.07, 6.45) is -0.763. The summed E-state index contributed by atoms with van der Waals surface area (Å²) in [5, 5.41) is 5.05. The van der Waals surface area contributed by atoms with Gasteiger partial charge in [-0.3, -0.25) is 4.79 Å². The van der Waals surface area contributed by atoms with Crippen molar-refractivity contribution in [2.24, 2.45) is 0 Å². The number of alkyl carbamates (subject to hydrolysis) is 1. The van der Waals surface area contributed by atoms with E-state index in [-0.39, 0.29) is 6.42 Å². The van der Waals surface area contributed by atoms with Crippen molar-refractivity contribution in [3.63, 3.8) is 0 Å². The highest BCUT2D eigenvalue weighted by atomic mass is 16.6. The van der Waals surface area contributed by atoms with E-state index >= 15 is 0 Å². The van der Waals surface area contributed by atoms with E-state index in [9.17, 15) is 14.4 Å². The number of nitrogens with one attached hydrogen (secondary N) is 2. The Balaban J connectivity index is 2.33. The van der Waals surface area contributed by atoms with Crippen LogP contribution in [-0.2, 0) is 25.5 Å². The van der Waals surface area contributed by atoms with Crippen LogP contribution in [0, 0.1) is 0 Å². The van der Waals surface area contributed by atoms with Crippen molar-refractivity contribution < 1.29 is 33.3 Å². The zero-order valence-electron chi connectivity index (χ0n) is 16.9. The van der Waals surface area contributed by atoms with Crippen LogP contribution < -0.4 is 20.1 Å². The molecule has 9 heteroatoms. The third-order valence-electron chi connectivity index (χ3n) is 4.28. The summed E-state index contributed by atoms with van der Waals surface area (Å²) in [6.45, 7) is 5.09. The minimum absolute atomic E-state index is 0.0407. The van der Waals surface area contributed by atoms with Gasteiger partial charge < -0.3 is 29.6 Å². The first-order valence-corrected chi connectivity index (χ1v) is 8.67. The first-order valence-electron chi connectivity index (χ1n) is 8.67. The molecule has 0 aliphatic carbocycles. The Bertz CT molecular complexity index is 772. The number of ether oxygens (including phenoxy) is 4. The zero-order valence-corrected chi connectivity index (χ0v) is 16.9. The summed E-state index contributed by atoms with van der Waals surface area (Å²) >= 11 is 0. The van der Waals surface area contributed by atoms with Gasteiger partial charge >= 0.3 is 12.1 Å². The summed E-state index contributed by atoms with van der Waals surface area (Å²) in [4.78, 5) is 36.9. The van der Waals surface area contributed by atoms with Crippen LogP contribution in [0.25, 0.3) is 0 Å². The van der Waals surface area contributed by atoms with E-state index in [0.717, 1.165) is 0 Å². The molecule has 28 heavy (non-hydrogen) atoms. The van der Waals surface area contributed by atoms with Crippen LogP contribution in [0.15, 0.2) is 18.2 Å². The second-order valence-electron chi connectivity index (χ2n) is 7.39. The largest absolute Gasteiger partial charge is 0.497 e. The molecule has 2 N–H and O–H groups in total. The number of rotatable bonds is 6. The van der Waals surface area contributed by atoms with Gasteiger partial charge in [0.15, 0.2) is 5.54 Å². The van der Waals surface area contributed by atoms with Crippen molar-refractivity contribution in [2.75, 3.05) is 21.3 Å². The van der Waals surface area contributed by atoms with Crippen LogP contribution in [0.3, 0.4) is 0 Å². The number of amides is 2. The zero-order chi connectivity index (χ0) is 21.1. The van der Waals surface area contributed by atoms with Crippen LogP contribution in [0.5, 0.6) is 11.5 Å². The molecule has 2 atom stereocenters. The molecular formula is C19H26N2O7. The smallest absolute Gasteiger partial charge is 0.408 e. The highest BCUT2D eigenvalue weighted by molar-refractivity contribution is 6.05. The Morgan fingerprint density at radius 2 is 1.86 bits per heavy atom. The number of esters is 1. The molecule has 0 bridgehead atoms. The second-order valence-corrected chi connectivity index (χ2v) is 7.39. The molecule has 0 saturated carbocycles. The Morgan fingerprint density at radius 1 is 1.18 bits per heavy atom. The van der Waals surface area contributed by atoms with Crippen molar-refractivity contribution in [3.8, 4) is 11.5 Å². The summed E-state index contributed by atoms with van der Waals surface area (Å²) in [6, 6.07) is 3.94. The van der Waals surface area contributed by atoms with Crippen LogP contribution >= 0.6 is 0 Å². The van der Waals surface area contributed by atoms with E-state index in [2.05, 4.69) is 10.6 Å². The molecule has 2 unspecified atom stereocenters. The van der Waals surface area contributed by atoms with E-state index in [0.29, 0.717) is 17.1 Å². The molecule has 1 fully saturated rings. The third kappa shape index (κ3) is 4.29. The number of benzene rings is 1. The Hall–Kier alpha value is -2.97. The summed E-state index contributed by atoms with van der Waals surface area (Å²) in [5.41, 5.74) is -1.60. The van der Waals surface area contributed by atoms with Gasteiger partial charge in [0.25, 0.3) is 0 Å². The topological polar surface area (TPSA) is 112 Å². The van der Waals surface area contributed by atoms with E-state index in [1.165, 1.54) is 21.3 Å². The lowest BCUT2D eigenvalue weighted by molar-refractivity contribution is -0.162. The molecule has 0 spiro atoms. The maximum atomic E-state index is 12.6. The van der Waals surface area contributed by atoms with E-state index in [1.54, 1.807) is 39.0 Å². The molecule has 1 aromatic carbocycles. The molecule has 154 valence electrons.